The van der Waals surface area contributed by atoms with E-state index in [2.05, 4.69) is 246 Å². The van der Waals surface area contributed by atoms with Crippen molar-refractivity contribution in [3.8, 4) is 0 Å². The van der Waals surface area contributed by atoms with Crippen molar-refractivity contribution in [3.05, 3.63) is 0 Å². The second-order valence-corrected chi connectivity index (χ2v) is 64.4. The van der Waals surface area contributed by atoms with Crippen molar-refractivity contribution in [2.75, 3.05) is 0 Å². The van der Waals surface area contributed by atoms with Gasteiger partial charge >= 0.3 is 0 Å². The summed E-state index contributed by atoms with van der Waals surface area (Å²) in [6, 6.07) is 0. The van der Waals surface area contributed by atoms with Gasteiger partial charge in [-0.25, -0.2) is 0 Å². The Hall–Kier alpha value is 0.388. The molecule has 0 aromatic carbocycles. The summed E-state index contributed by atoms with van der Waals surface area (Å²) >= 11 is 0. The molecule has 16 heteroatoms. The van der Waals surface area contributed by atoms with Gasteiger partial charge in [0.05, 0.1) is 93.6 Å². The first kappa shape index (κ1) is 88.3. The van der Waals surface area contributed by atoms with E-state index in [1.54, 1.807) is 0 Å². The third-order valence-electron chi connectivity index (χ3n) is 35.0. The van der Waals surface area contributed by atoms with E-state index >= 15 is 0 Å². The largest absolute Gasteiger partial charge is 0.411 e. The Labute approximate surface area is 644 Å². The molecule has 0 spiro atoms. The van der Waals surface area contributed by atoms with Crippen molar-refractivity contribution in [1.29, 1.82) is 0 Å². The molecule has 608 valence electrons. The highest BCUT2D eigenvalue weighted by Crippen LogP contribution is 2.69. The Bertz CT molecular complexity index is 2540. The van der Waals surface area contributed by atoms with Gasteiger partial charge in [0, 0.05) is 25.7 Å². The molecule has 104 heavy (non-hydrogen) atoms. The van der Waals surface area contributed by atoms with Crippen molar-refractivity contribution in [2.45, 2.75) is 463 Å². The quantitative estimate of drug-likeness (QED) is 0.109. The number of fused-ring (bicyclic) bond motifs is 16. The second-order valence-electron chi connectivity index (χ2n) is 45.4. The average Bonchev–Trinajstić information content (AvgIpc) is 1.55. The number of aliphatic hydroxyl groups is 4. The lowest BCUT2D eigenvalue weighted by atomic mass is 9.69. The molecule has 8 aliphatic heterocycles. The number of rotatable bonds is 16. The molecule has 28 atom stereocenters. The van der Waals surface area contributed by atoms with Crippen LogP contribution >= 0.6 is 0 Å². The van der Waals surface area contributed by atoms with E-state index in [0.29, 0.717) is 94.7 Å². The maximum Gasteiger partial charge on any atom is 0.192 e. The summed E-state index contributed by atoms with van der Waals surface area (Å²) < 4.78 is 55.4. The SMILES string of the molecule is CC[C@@H]1CC[C@@H]2[C@@H]1[C@H](O)[C@]1(C(C)C)C[C@@H](O[Si](C)(C)C(C)(C)C)[C@@]2(C)O1.CC[C@@H]1CC[C@@H]2[C@@H]1[C@H](O)[C@]1(C(C)C)C[C@@H](O[Si](C)(C)C(C)(C)C)[C@@]2(C)O1.CC[C@@H]1CC[C@@H]2[C@@H]1[C@H](O)[C@]1(C(C)C)C[C@@H](O[Si](C)(C)C(C)(C)C)[C@@]2(C)O1.CC[C@@H]1CC[C@@H]2[C@@H]1[C@H](O)[C@]1(C(C)C)C[C@@H](O[Si](C)(C)C(C)(C)C)[C@@]2(C)O1. The highest BCUT2D eigenvalue weighted by molar-refractivity contribution is 6.75. The Morgan fingerprint density at radius 2 is 0.462 bits per heavy atom. The molecule has 12 nitrogen and oxygen atoms in total. The molecule has 4 saturated carbocycles. The summed E-state index contributed by atoms with van der Waals surface area (Å²) in [6.07, 6.45) is 16.6. The highest BCUT2D eigenvalue weighted by Gasteiger charge is 2.76. The molecule has 12 aliphatic rings. The molecule has 0 radical (unpaired) electrons. The molecule has 8 saturated heterocycles. The number of hydrogen-bond acceptors (Lipinski definition) is 12. The van der Waals surface area contributed by atoms with Crippen LogP contribution in [0.2, 0.25) is 72.5 Å². The molecule has 0 aromatic heterocycles. The summed E-state index contributed by atoms with van der Waals surface area (Å²) in [5, 5.41) is 46.8. The number of hydrogen-bond donors (Lipinski definition) is 4. The normalized spacial score (nSPS) is 46.0. The third kappa shape index (κ3) is 14.2. The minimum atomic E-state index is -1.90. The Kier molecular flexibility index (Phi) is 24.9. The van der Waals surface area contributed by atoms with Crippen LogP contribution in [-0.4, -0.2) is 147 Å². The van der Waals surface area contributed by atoms with Crippen LogP contribution in [0.15, 0.2) is 0 Å². The first-order valence-corrected chi connectivity index (χ1v) is 55.1. The van der Waals surface area contributed by atoms with Gasteiger partial charge in [-0.05, 0) is 246 Å². The smallest absolute Gasteiger partial charge is 0.192 e. The molecule has 12 rings (SSSR count). The van der Waals surface area contributed by atoms with Gasteiger partial charge in [0.1, 0.15) is 0 Å². The number of ether oxygens (including phenoxy) is 4. The van der Waals surface area contributed by atoms with Gasteiger partial charge in [0.2, 0.25) is 0 Å². The maximum atomic E-state index is 11.5. The van der Waals surface area contributed by atoms with Crippen LogP contribution < -0.4 is 0 Å². The van der Waals surface area contributed by atoms with Gasteiger partial charge in [-0.1, -0.05) is 192 Å². The van der Waals surface area contributed by atoms with Crippen LogP contribution in [0.4, 0.5) is 0 Å². The van der Waals surface area contributed by atoms with Crippen LogP contribution in [0.25, 0.3) is 0 Å². The molecule has 12 fully saturated rings. The lowest BCUT2D eigenvalue weighted by Crippen LogP contribution is -2.61. The van der Waals surface area contributed by atoms with E-state index in [-0.39, 0.29) is 91.4 Å². The van der Waals surface area contributed by atoms with E-state index in [9.17, 15) is 20.4 Å². The summed E-state index contributed by atoms with van der Waals surface area (Å²) in [4.78, 5) is 0. The fourth-order valence-corrected chi connectivity index (χ4v) is 29.3. The minimum Gasteiger partial charge on any atom is -0.411 e. The molecule has 0 amide bonds. The van der Waals surface area contributed by atoms with Crippen molar-refractivity contribution in [1.82, 2.24) is 0 Å². The molecule has 8 heterocycles. The molecule has 8 bridgehead atoms. The van der Waals surface area contributed by atoms with Crippen molar-refractivity contribution in [2.24, 2.45) is 94.7 Å². The van der Waals surface area contributed by atoms with E-state index in [4.69, 9.17) is 36.7 Å². The Morgan fingerprint density at radius 1 is 0.308 bits per heavy atom. The Morgan fingerprint density at radius 3 is 0.587 bits per heavy atom. The molecular weight excluding hydrogens is 1360 g/mol. The van der Waals surface area contributed by atoms with Gasteiger partial charge in [0.15, 0.2) is 33.3 Å². The van der Waals surface area contributed by atoms with Crippen LogP contribution in [0.5, 0.6) is 0 Å². The summed E-state index contributed by atoms with van der Waals surface area (Å²) in [5.74, 6) is 6.86. The second kappa shape index (κ2) is 29.3. The maximum absolute atomic E-state index is 11.5. The van der Waals surface area contributed by atoms with E-state index in [1.807, 2.05) is 0 Å². The predicted molar refractivity (Wildman–Crippen MR) is 439 cm³/mol. The zero-order chi connectivity index (χ0) is 78.8. The lowest BCUT2D eigenvalue weighted by Gasteiger charge is -2.52. The summed E-state index contributed by atoms with van der Waals surface area (Å²) in [5.41, 5.74) is -2.80. The van der Waals surface area contributed by atoms with E-state index in [1.165, 1.54) is 51.4 Å². The van der Waals surface area contributed by atoms with Crippen molar-refractivity contribution in [3.63, 3.8) is 0 Å². The van der Waals surface area contributed by atoms with Crippen LogP contribution in [-0.2, 0) is 36.7 Å². The van der Waals surface area contributed by atoms with E-state index in [0.717, 1.165) is 51.4 Å². The zero-order valence-electron chi connectivity index (χ0n) is 74.2. The third-order valence-corrected chi connectivity index (χ3v) is 53.0. The highest BCUT2D eigenvalue weighted by atomic mass is 28.4. The average molecular weight is 1530 g/mol. The van der Waals surface area contributed by atoms with E-state index < -0.39 is 55.7 Å². The van der Waals surface area contributed by atoms with Crippen molar-refractivity contribution >= 4 is 33.3 Å². The van der Waals surface area contributed by atoms with Gasteiger partial charge in [0.25, 0.3) is 0 Å². The fourth-order valence-electron chi connectivity index (χ4n) is 23.8. The van der Waals surface area contributed by atoms with Crippen LogP contribution in [0.1, 0.15) is 297 Å². The monoisotopic (exact) mass is 1530 g/mol. The van der Waals surface area contributed by atoms with Crippen LogP contribution in [0.3, 0.4) is 0 Å². The summed E-state index contributed by atoms with van der Waals surface area (Å²) in [7, 11) is -7.59. The fraction of sp³-hybridized carbons (Fsp3) is 1.00. The topological polar surface area (TPSA) is 155 Å². The predicted octanol–water partition coefficient (Wildman–Crippen LogP) is 21.5. The summed E-state index contributed by atoms with van der Waals surface area (Å²) in [6.45, 7) is 82.5. The zero-order valence-corrected chi connectivity index (χ0v) is 78.2. The molecule has 0 aromatic rings. The first-order valence-electron chi connectivity index (χ1n) is 43.4. The van der Waals surface area contributed by atoms with Gasteiger partial charge in [-0.15, -0.1) is 0 Å². The van der Waals surface area contributed by atoms with Gasteiger partial charge < -0.3 is 57.1 Å². The minimum absolute atomic E-state index is 0.103. The first-order chi connectivity index (χ1) is 47.2. The Balaban J connectivity index is 0.000000161. The molecular formula is C88H168O12Si4. The van der Waals surface area contributed by atoms with Crippen LogP contribution in [0, 0.1) is 94.7 Å². The van der Waals surface area contributed by atoms with Gasteiger partial charge in [-0.2, -0.15) is 0 Å². The number of aliphatic hydroxyl groups excluding tert-OH is 4. The standard InChI is InChI=1S/4C22H42O3Si/c4*1-10-15-11-12-16-18(15)19(23)22(14(2)3)13-17(21(16,7)25-22)24-26(8,9)20(4,5)6/h4*14-19,23H,10-13H2,1-9H3/t4*15-,16-,17-,18-,19+,21+,22-/m1111/s1. The van der Waals surface area contributed by atoms with Gasteiger partial charge in [-0.3, -0.25) is 0 Å². The molecule has 4 aliphatic carbocycles. The van der Waals surface area contributed by atoms with Crippen molar-refractivity contribution < 1.29 is 57.1 Å². The molecule has 0 unspecified atom stereocenters. The lowest BCUT2D eigenvalue weighted by molar-refractivity contribution is -0.258. The molecule has 4 N–H and O–H groups in total.